The Hall–Kier alpha value is -1.03. The number of ether oxygens (including phenoxy) is 1. The lowest BCUT2D eigenvalue weighted by Gasteiger charge is -2.10. The van der Waals surface area contributed by atoms with E-state index in [9.17, 15) is 5.11 Å². The molecule has 0 atom stereocenters. The summed E-state index contributed by atoms with van der Waals surface area (Å²) in [6.45, 7) is -0.0803. The molecule has 0 fully saturated rings. The number of aliphatic hydroxyl groups is 1. The molecule has 4 heteroatoms. The van der Waals surface area contributed by atoms with Crippen molar-refractivity contribution in [2.75, 3.05) is 0 Å². The Labute approximate surface area is 113 Å². The van der Waals surface area contributed by atoms with Crippen LogP contribution in [0.4, 0.5) is 0 Å². The Bertz CT molecular complexity index is 511. The maximum atomic E-state index is 9.20. The predicted molar refractivity (Wildman–Crippen MR) is 71.6 cm³/mol. The second-order valence-corrected chi connectivity index (χ2v) is 4.82. The highest BCUT2D eigenvalue weighted by molar-refractivity contribution is 9.10. The molecule has 0 unspecified atom stereocenters. The summed E-state index contributed by atoms with van der Waals surface area (Å²) >= 11 is 9.25. The molecular weight excluding hydrogens is 303 g/mol. The van der Waals surface area contributed by atoms with Crippen molar-refractivity contribution in [2.24, 2.45) is 0 Å². The highest BCUT2D eigenvalue weighted by Crippen LogP contribution is 2.29. The Morgan fingerprint density at radius 2 is 1.82 bits per heavy atom. The summed E-state index contributed by atoms with van der Waals surface area (Å²) in [6.07, 6.45) is 0. The average Bonchev–Trinajstić information content (AvgIpc) is 2.32. The number of rotatable bonds is 3. The van der Waals surface area contributed by atoms with Crippen LogP contribution in [0.3, 0.4) is 0 Å². The molecule has 0 saturated carbocycles. The first-order chi connectivity index (χ1) is 8.19. The van der Waals surface area contributed by atoms with Crippen molar-refractivity contribution in [3.63, 3.8) is 0 Å². The molecule has 0 aliphatic heterocycles. The van der Waals surface area contributed by atoms with Crippen LogP contribution in [-0.2, 0) is 6.61 Å². The first-order valence-corrected chi connectivity index (χ1v) is 6.19. The SMILES string of the molecule is OCc1ccc(Cl)cc1Oc1ccc(Br)cc1. The molecule has 0 bridgehead atoms. The van der Waals surface area contributed by atoms with E-state index in [2.05, 4.69) is 15.9 Å². The maximum absolute atomic E-state index is 9.20. The van der Waals surface area contributed by atoms with Crippen LogP contribution in [0.2, 0.25) is 5.02 Å². The molecule has 0 aliphatic carbocycles. The van der Waals surface area contributed by atoms with Gasteiger partial charge in [-0.1, -0.05) is 33.6 Å². The van der Waals surface area contributed by atoms with Crippen LogP contribution in [-0.4, -0.2) is 5.11 Å². The summed E-state index contributed by atoms with van der Waals surface area (Å²) in [7, 11) is 0. The zero-order valence-corrected chi connectivity index (χ0v) is 11.2. The number of hydrogen-bond donors (Lipinski definition) is 1. The lowest BCUT2D eigenvalue weighted by molar-refractivity contribution is 0.276. The minimum absolute atomic E-state index is 0.0803. The van der Waals surface area contributed by atoms with Gasteiger partial charge in [-0.05, 0) is 36.4 Å². The molecule has 0 radical (unpaired) electrons. The van der Waals surface area contributed by atoms with Gasteiger partial charge in [-0.25, -0.2) is 0 Å². The van der Waals surface area contributed by atoms with Crippen molar-refractivity contribution in [3.8, 4) is 11.5 Å². The van der Waals surface area contributed by atoms with E-state index in [1.54, 1.807) is 18.2 Å². The number of benzene rings is 2. The summed E-state index contributed by atoms with van der Waals surface area (Å²) in [6, 6.07) is 12.6. The third kappa shape index (κ3) is 3.22. The zero-order chi connectivity index (χ0) is 12.3. The molecule has 2 nitrogen and oxygen atoms in total. The molecule has 1 N–H and O–H groups in total. The van der Waals surface area contributed by atoms with Gasteiger partial charge < -0.3 is 9.84 Å². The molecule has 0 aliphatic rings. The zero-order valence-electron chi connectivity index (χ0n) is 8.86. The van der Waals surface area contributed by atoms with E-state index < -0.39 is 0 Å². The van der Waals surface area contributed by atoms with Crippen LogP contribution in [0.15, 0.2) is 46.9 Å². The van der Waals surface area contributed by atoms with E-state index in [-0.39, 0.29) is 6.61 Å². The van der Waals surface area contributed by atoms with E-state index in [0.29, 0.717) is 22.1 Å². The monoisotopic (exact) mass is 312 g/mol. The van der Waals surface area contributed by atoms with Gasteiger partial charge in [0.25, 0.3) is 0 Å². The summed E-state index contributed by atoms with van der Waals surface area (Å²) in [5.41, 5.74) is 0.706. The van der Waals surface area contributed by atoms with Crippen LogP contribution in [0, 0.1) is 0 Å². The minimum Gasteiger partial charge on any atom is -0.457 e. The molecule has 0 aromatic heterocycles. The van der Waals surface area contributed by atoms with Gasteiger partial charge in [-0.2, -0.15) is 0 Å². The highest BCUT2D eigenvalue weighted by atomic mass is 79.9. The lowest BCUT2D eigenvalue weighted by atomic mass is 10.2. The van der Waals surface area contributed by atoms with Crippen LogP contribution in [0.1, 0.15) is 5.56 Å². The van der Waals surface area contributed by atoms with Crippen molar-refractivity contribution in [1.29, 1.82) is 0 Å². The fraction of sp³-hybridized carbons (Fsp3) is 0.0769. The fourth-order valence-corrected chi connectivity index (χ4v) is 1.81. The molecule has 0 heterocycles. The van der Waals surface area contributed by atoms with E-state index in [4.69, 9.17) is 16.3 Å². The summed E-state index contributed by atoms with van der Waals surface area (Å²) in [5, 5.41) is 9.78. The van der Waals surface area contributed by atoms with Gasteiger partial charge in [0.1, 0.15) is 11.5 Å². The largest absolute Gasteiger partial charge is 0.457 e. The second kappa shape index (κ2) is 5.54. The topological polar surface area (TPSA) is 29.5 Å². The Morgan fingerprint density at radius 3 is 2.47 bits per heavy atom. The highest BCUT2D eigenvalue weighted by Gasteiger charge is 2.05. The molecule has 0 spiro atoms. The molecule has 2 rings (SSSR count). The minimum atomic E-state index is -0.0803. The number of hydrogen-bond acceptors (Lipinski definition) is 2. The van der Waals surface area contributed by atoms with Crippen molar-refractivity contribution in [3.05, 3.63) is 57.5 Å². The maximum Gasteiger partial charge on any atom is 0.134 e. The van der Waals surface area contributed by atoms with E-state index in [1.807, 2.05) is 24.3 Å². The smallest absolute Gasteiger partial charge is 0.134 e. The second-order valence-electron chi connectivity index (χ2n) is 3.47. The normalized spacial score (nSPS) is 10.3. The summed E-state index contributed by atoms with van der Waals surface area (Å²) in [5.74, 6) is 1.27. The van der Waals surface area contributed by atoms with Gasteiger partial charge in [0, 0.05) is 15.1 Å². The van der Waals surface area contributed by atoms with Crippen molar-refractivity contribution in [1.82, 2.24) is 0 Å². The molecule has 17 heavy (non-hydrogen) atoms. The molecule has 88 valence electrons. The van der Waals surface area contributed by atoms with Crippen LogP contribution in [0.25, 0.3) is 0 Å². The van der Waals surface area contributed by atoms with Crippen molar-refractivity contribution >= 4 is 27.5 Å². The van der Waals surface area contributed by atoms with Gasteiger partial charge in [0.15, 0.2) is 0 Å². The van der Waals surface area contributed by atoms with E-state index in [1.165, 1.54) is 0 Å². The van der Waals surface area contributed by atoms with Crippen LogP contribution in [0.5, 0.6) is 11.5 Å². The Morgan fingerprint density at radius 1 is 1.12 bits per heavy atom. The Balaban J connectivity index is 2.28. The lowest BCUT2D eigenvalue weighted by Crippen LogP contribution is -1.91. The van der Waals surface area contributed by atoms with Gasteiger partial charge in [-0.3, -0.25) is 0 Å². The molecule has 2 aromatic carbocycles. The molecule has 2 aromatic rings. The standard InChI is InChI=1S/C13H10BrClO2/c14-10-2-5-12(6-3-10)17-13-7-11(15)4-1-9(13)8-16/h1-7,16H,8H2. The summed E-state index contributed by atoms with van der Waals surface area (Å²) in [4.78, 5) is 0. The predicted octanol–water partition coefficient (Wildman–Crippen LogP) is 4.39. The Kier molecular flexibility index (Phi) is 4.05. The fourth-order valence-electron chi connectivity index (χ4n) is 1.38. The number of halogens is 2. The van der Waals surface area contributed by atoms with Gasteiger partial charge in [0.05, 0.1) is 6.61 Å². The number of aliphatic hydroxyl groups excluding tert-OH is 1. The van der Waals surface area contributed by atoms with Gasteiger partial charge in [0.2, 0.25) is 0 Å². The van der Waals surface area contributed by atoms with Crippen molar-refractivity contribution in [2.45, 2.75) is 6.61 Å². The third-order valence-electron chi connectivity index (χ3n) is 2.24. The van der Waals surface area contributed by atoms with E-state index in [0.717, 1.165) is 4.47 Å². The van der Waals surface area contributed by atoms with Crippen molar-refractivity contribution < 1.29 is 9.84 Å². The van der Waals surface area contributed by atoms with Gasteiger partial charge in [-0.15, -0.1) is 0 Å². The molecular formula is C13H10BrClO2. The quantitative estimate of drug-likeness (QED) is 0.911. The third-order valence-corrected chi connectivity index (χ3v) is 3.00. The first-order valence-electron chi connectivity index (χ1n) is 5.02. The van der Waals surface area contributed by atoms with Crippen LogP contribution < -0.4 is 4.74 Å². The average molecular weight is 314 g/mol. The summed E-state index contributed by atoms with van der Waals surface area (Å²) < 4.78 is 6.66. The van der Waals surface area contributed by atoms with Crippen LogP contribution >= 0.6 is 27.5 Å². The van der Waals surface area contributed by atoms with E-state index >= 15 is 0 Å². The molecule has 0 saturated heterocycles. The molecule has 0 amide bonds. The first kappa shape index (κ1) is 12.4. The van der Waals surface area contributed by atoms with Gasteiger partial charge >= 0.3 is 0 Å².